The molecule has 0 atom stereocenters. The van der Waals surface area contributed by atoms with Crippen LogP contribution in [0.2, 0.25) is 5.02 Å². The number of carbonyl (C=O) groups is 2. The number of rotatable bonds is 5. The van der Waals surface area contributed by atoms with Crippen LogP contribution in [0, 0.1) is 0 Å². The molecule has 1 amide bonds. The zero-order chi connectivity index (χ0) is 14.3. The Bertz CT molecular complexity index is 499. The van der Waals surface area contributed by atoms with Crippen molar-refractivity contribution >= 4 is 29.2 Å². The molecule has 0 fully saturated rings. The van der Waals surface area contributed by atoms with E-state index in [1.54, 1.807) is 25.1 Å². The van der Waals surface area contributed by atoms with E-state index in [1.165, 1.54) is 7.11 Å². The van der Waals surface area contributed by atoms with Crippen LogP contribution in [0.4, 0.5) is 5.69 Å². The number of esters is 1. The van der Waals surface area contributed by atoms with Crippen LogP contribution in [0.3, 0.4) is 0 Å². The predicted octanol–water partition coefficient (Wildman–Crippen LogP) is 2.41. The van der Waals surface area contributed by atoms with Gasteiger partial charge in [-0.15, -0.1) is 0 Å². The van der Waals surface area contributed by atoms with Gasteiger partial charge in [0.2, 0.25) is 5.91 Å². The van der Waals surface area contributed by atoms with Crippen molar-refractivity contribution in [1.29, 1.82) is 0 Å². The third kappa shape index (κ3) is 5.01. The largest absolute Gasteiger partial charge is 0.495 e. The summed E-state index contributed by atoms with van der Waals surface area (Å²) in [5.74, 6) is -0.577. The monoisotopic (exact) mass is 283 g/mol. The highest BCUT2D eigenvalue weighted by atomic mass is 35.5. The van der Waals surface area contributed by atoms with Crippen molar-refractivity contribution in [2.75, 3.05) is 19.0 Å². The van der Waals surface area contributed by atoms with Gasteiger partial charge in [0.05, 0.1) is 19.4 Å². The maximum absolute atomic E-state index is 11.6. The molecule has 0 aliphatic rings. The van der Waals surface area contributed by atoms with Crippen molar-refractivity contribution in [3.05, 3.63) is 35.4 Å². The summed E-state index contributed by atoms with van der Waals surface area (Å²) in [7, 11) is 1.48. The summed E-state index contributed by atoms with van der Waals surface area (Å²) in [4.78, 5) is 22.6. The minimum atomic E-state index is -0.573. The second kappa shape index (κ2) is 7.43. The third-order valence-corrected chi connectivity index (χ3v) is 2.31. The van der Waals surface area contributed by atoms with Gasteiger partial charge in [-0.05, 0) is 25.1 Å². The first-order valence-electron chi connectivity index (χ1n) is 5.56. The average molecular weight is 284 g/mol. The highest BCUT2D eigenvalue weighted by Gasteiger charge is 2.06. The Balaban J connectivity index is 2.71. The molecule has 0 saturated carbocycles. The number of nitrogens with one attached hydrogen (secondary N) is 1. The van der Waals surface area contributed by atoms with Gasteiger partial charge in [-0.1, -0.05) is 11.6 Å². The zero-order valence-corrected chi connectivity index (χ0v) is 11.4. The van der Waals surface area contributed by atoms with Crippen molar-refractivity contribution in [3.63, 3.8) is 0 Å². The van der Waals surface area contributed by atoms with Crippen LogP contribution in [0.5, 0.6) is 5.75 Å². The summed E-state index contributed by atoms with van der Waals surface area (Å²) in [5, 5.41) is 3.02. The lowest BCUT2D eigenvalue weighted by atomic mass is 10.3. The Hall–Kier alpha value is -2.01. The van der Waals surface area contributed by atoms with E-state index in [0.717, 1.165) is 12.2 Å². The van der Waals surface area contributed by atoms with E-state index in [4.69, 9.17) is 16.3 Å². The van der Waals surface area contributed by atoms with Crippen LogP contribution >= 0.6 is 11.6 Å². The molecule has 102 valence electrons. The van der Waals surface area contributed by atoms with E-state index in [-0.39, 0.29) is 6.61 Å². The lowest BCUT2D eigenvalue weighted by molar-refractivity contribution is -0.137. The van der Waals surface area contributed by atoms with Gasteiger partial charge in [0.1, 0.15) is 5.75 Å². The minimum absolute atomic E-state index is 0.257. The van der Waals surface area contributed by atoms with Crippen LogP contribution in [0.1, 0.15) is 6.92 Å². The molecule has 0 heterocycles. The number of halogens is 1. The summed E-state index contributed by atoms with van der Waals surface area (Å²) in [5.41, 5.74) is 0.425. The van der Waals surface area contributed by atoms with Gasteiger partial charge in [0, 0.05) is 17.2 Å². The number of methoxy groups -OCH3 is 1. The number of hydrogen-bond acceptors (Lipinski definition) is 4. The Morgan fingerprint density at radius 2 is 2.11 bits per heavy atom. The fraction of sp³-hybridized carbons (Fsp3) is 0.231. The van der Waals surface area contributed by atoms with Crippen LogP contribution in [0.15, 0.2) is 30.4 Å². The molecule has 0 spiro atoms. The molecule has 0 saturated heterocycles. The molecule has 5 nitrogen and oxygen atoms in total. The van der Waals surface area contributed by atoms with Gasteiger partial charge >= 0.3 is 5.97 Å². The number of hydrogen-bond donors (Lipinski definition) is 1. The standard InChI is InChI=1S/C13H14ClNO4/c1-3-19-13(17)7-6-12(16)15-10-8-9(14)4-5-11(10)18-2/h4-8H,3H2,1-2H3,(H,15,16)/b7-6+. The summed E-state index contributed by atoms with van der Waals surface area (Å²) in [6.07, 6.45) is 2.13. The smallest absolute Gasteiger partial charge is 0.330 e. The maximum Gasteiger partial charge on any atom is 0.330 e. The lowest BCUT2D eigenvalue weighted by Crippen LogP contribution is -2.10. The van der Waals surface area contributed by atoms with E-state index in [9.17, 15) is 9.59 Å². The first-order valence-corrected chi connectivity index (χ1v) is 5.94. The first kappa shape index (κ1) is 15.0. The van der Waals surface area contributed by atoms with E-state index < -0.39 is 11.9 Å². The van der Waals surface area contributed by atoms with E-state index in [1.807, 2.05) is 0 Å². The van der Waals surface area contributed by atoms with Crippen molar-refractivity contribution in [3.8, 4) is 5.75 Å². The van der Waals surface area contributed by atoms with Gasteiger partial charge in [-0.2, -0.15) is 0 Å². The molecule has 0 aromatic heterocycles. The minimum Gasteiger partial charge on any atom is -0.495 e. The van der Waals surface area contributed by atoms with Gasteiger partial charge in [0.15, 0.2) is 0 Å². The first-order chi connectivity index (χ1) is 9.06. The van der Waals surface area contributed by atoms with Gasteiger partial charge in [0.25, 0.3) is 0 Å². The Morgan fingerprint density at radius 1 is 1.37 bits per heavy atom. The molecule has 1 N–H and O–H groups in total. The van der Waals surface area contributed by atoms with Crippen LogP contribution in [-0.4, -0.2) is 25.6 Å². The molecule has 0 unspecified atom stereocenters. The summed E-state index contributed by atoms with van der Waals surface area (Å²) < 4.78 is 9.73. The maximum atomic E-state index is 11.6. The molecule has 0 aliphatic heterocycles. The van der Waals surface area contributed by atoms with Crippen molar-refractivity contribution in [1.82, 2.24) is 0 Å². The van der Waals surface area contributed by atoms with Gasteiger partial charge in [-0.3, -0.25) is 4.79 Å². The van der Waals surface area contributed by atoms with E-state index in [2.05, 4.69) is 10.1 Å². The highest BCUT2D eigenvalue weighted by Crippen LogP contribution is 2.27. The molecule has 19 heavy (non-hydrogen) atoms. The van der Waals surface area contributed by atoms with Crippen molar-refractivity contribution in [2.24, 2.45) is 0 Å². The lowest BCUT2D eigenvalue weighted by Gasteiger charge is -2.08. The van der Waals surface area contributed by atoms with Crippen molar-refractivity contribution < 1.29 is 19.1 Å². The quantitative estimate of drug-likeness (QED) is 0.666. The topological polar surface area (TPSA) is 64.6 Å². The predicted molar refractivity (Wildman–Crippen MR) is 72.4 cm³/mol. The molecular formula is C13H14ClNO4. The zero-order valence-electron chi connectivity index (χ0n) is 10.6. The molecule has 0 radical (unpaired) electrons. The molecule has 0 bridgehead atoms. The molecular weight excluding hydrogens is 270 g/mol. The fourth-order valence-corrected chi connectivity index (χ4v) is 1.46. The number of anilines is 1. The SMILES string of the molecule is CCOC(=O)/C=C/C(=O)Nc1cc(Cl)ccc1OC. The van der Waals surface area contributed by atoms with Gasteiger partial charge in [-0.25, -0.2) is 4.79 Å². The second-order valence-corrected chi connectivity index (χ2v) is 3.86. The van der Waals surface area contributed by atoms with E-state index in [0.29, 0.717) is 16.5 Å². The Labute approximate surface area is 116 Å². The summed E-state index contributed by atoms with van der Waals surface area (Å²) >= 11 is 5.83. The van der Waals surface area contributed by atoms with Crippen LogP contribution in [-0.2, 0) is 14.3 Å². The Morgan fingerprint density at radius 3 is 2.74 bits per heavy atom. The third-order valence-electron chi connectivity index (χ3n) is 2.08. The van der Waals surface area contributed by atoms with Crippen molar-refractivity contribution in [2.45, 2.75) is 6.92 Å². The number of benzene rings is 1. The molecule has 0 aliphatic carbocycles. The molecule has 1 aromatic carbocycles. The normalized spacial score (nSPS) is 10.3. The highest BCUT2D eigenvalue weighted by molar-refractivity contribution is 6.31. The van der Waals surface area contributed by atoms with Gasteiger partial charge < -0.3 is 14.8 Å². The number of amides is 1. The molecule has 1 rings (SSSR count). The average Bonchev–Trinajstić information content (AvgIpc) is 2.37. The summed E-state index contributed by atoms with van der Waals surface area (Å²) in [6, 6.07) is 4.83. The van der Waals surface area contributed by atoms with E-state index >= 15 is 0 Å². The Kier molecular flexibility index (Phi) is 5.89. The summed E-state index contributed by atoms with van der Waals surface area (Å²) in [6.45, 7) is 1.94. The molecule has 1 aromatic rings. The number of carbonyl (C=O) groups excluding carboxylic acids is 2. The fourth-order valence-electron chi connectivity index (χ4n) is 1.29. The number of ether oxygens (including phenoxy) is 2. The van der Waals surface area contributed by atoms with Crippen LogP contribution < -0.4 is 10.1 Å². The van der Waals surface area contributed by atoms with Crippen LogP contribution in [0.25, 0.3) is 0 Å². The molecule has 6 heteroatoms. The second-order valence-electron chi connectivity index (χ2n) is 3.42.